The van der Waals surface area contributed by atoms with E-state index in [1.54, 1.807) is 13.2 Å². The minimum atomic E-state index is -0.366. The molecule has 0 saturated carbocycles. The Labute approximate surface area is 242 Å². The van der Waals surface area contributed by atoms with Crippen LogP contribution in [0.15, 0.2) is 36.4 Å². The number of hydrogen-bond donors (Lipinski definition) is 2. The Morgan fingerprint density at radius 2 is 1.87 bits per heavy atom. The van der Waals surface area contributed by atoms with Gasteiger partial charge >= 0.3 is 0 Å². The molecule has 1 aliphatic rings. The molecule has 1 fully saturated rings. The lowest BCUT2D eigenvalue weighted by Gasteiger charge is -2.38. The van der Waals surface area contributed by atoms with E-state index >= 15 is 0 Å². The maximum Gasteiger partial charge on any atom is 0.188 e. The molecule has 7 nitrogen and oxygen atoms in total. The number of aromatic nitrogens is 2. The monoisotopic (exact) mass is 577 g/mol. The van der Waals surface area contributed by atoms with Crippen molar-refractivity contribution in [3.8, 4) is 17.6 Å². The van der Waals surface area contributed by atoms with Crippen molar-refractivity contribution in [2.75, 3.05) is 25.5 Å². The van der Waals surface area contributed by atoms with E-state index in [0.717, 1.165) is 42.3 Å². The highest BCUT2D eigenvalue weighted by Gasteiger charge is 2.28. The van der Waals surface area contributed by atoms with Crippen molar-refractivity contribution < 1.29 is 9.84 Å². The predicted molar refractivity (Wildman–Crippen MR) is 160 cm³/mol. The zero-order valence-electron chi connectivity index (χ0n) is 20.9. The second-order valence-corrected chi connectivity index (χ2v) is 9.50. The van der Waals surface area contributed by atoms with E-state index in [4.69, 9.17) is 22.9 Å². The van der Waals surface area contributed by atoms with E-state index in [9.17, 15) is 5.11 Å². The topological polar surface area (TPSA) is 74.9 Å². The SMILES string of the molecule is C.Cl.Cl.[C-]#[N+]c1ccc2c(C#CC(C)(C)N3CCC(O)CC3)nnc(NCc3ccc(OC)c(Cl)c3)c2c1. The number of likely N-dealkylation sites (tertiary alicyclic amines) is 1. The van der Waals surface area contributed by atoms with Crippen LogP contribution in [0.25, 0.3) is 15.6 Å². The molecule has 0 amide bonds. The fourth-order valence-corrected chi connectivity index (χ4v) is 4.44. The van der Waals surface area contributed by atoms with E-state index in [1.807, 2.05) is 30.3 Å². The Bertz CT molecular complexity index is 1340. The van der Waals surface area contributed by atoms with E-state index in [1.165, 1.54) is 0 Å². The van der Waals surface area contributed by atoms with E-state index in [-0.39, 0.29) is 43.9 Å². The van der Waals surface area contributed by atoms with Gasteiger partial charge in [0.1, 0.15) is 11.4 Å². The summed E-state index contributed by atoms with van der Waals surface area (Å²) in [6.07, 6.45) is 1.29. The number of halogens is 3. The van der Waals surface area contributed by atoms with Gasteiger partial charge in [0.05, 0.1) is 30.3 Å². The normalized spacial score (nSPS) is 13.6. The Hall–Kier alpha value is -2.78. The van der Waals surface area contributed by atoms with Crippen LogP contribution < -0.4 is 10.1 Å². The highest BCUT2D eigenvalue weighted by Crippen LogP contribution is 2.29. The van der Waals surface area contributed by atoms with Crippen LogP contribution in [0.2, 0.25) is 5.02 Å². The second-order valence-electron chi connectivity index (χ2n) is 9.09. The predicted octanol–water partition coefficient (Wildman–Crippen LogP) is 6.52. The first-order chi connectivity index (χ1) is 16.8. The molecule has 0 unspecified atom stereocenters. The number of benzene rings is 2. The van der Waals surface area contributed by atoms with Crippen molar-refractivity contribution in [2.24, 2.45) is 0 Å². The third kappa shape index (κ3) is 7.63. The molecule has 0 atom stereocenters. The number of rotatable bonds is 5. The summed E-state index contributed by atoms with van der Waals surface area (Å²) in [5, 5.41) is 24.1. The van der Waals surface area contributed by atoms with Gasteiger partial charge in [-0.2, -0.15) is 0 Å². The quantitative estimate of drug-likeness (QED) is 0.265. The molecule has 10 heteroatoms. The van der Waals surface area contributed by atoms with Crippen molar-refractivity contribution in [1.29, 1.82) is 0 Å². The minimum absolute atomic E-state index is 0. The summed E-state index contributed by atoms with van der Waals surface area (Å²) in [5.41, 5.74) is 1.69. The van der Waals surface area contributed by atoms with Crippen LogP contribution >= 0.6 is 36.4 Å². The molecule has 1 aliphatic heterocycles. The van der Waals surface area contributed by atoms with Crippen LogP contribution in [0.5, 0.6) is 5.75 Å². The lowest BCUT2D eigenvalue weighted by Crippen LogP contribution is -2.48. The molecular formula is C28H34Cl3N5O2. The molecule has 2 N–H and O–H groups in total. The summed E-state index contributed by atoms with van der Waals surface area (Å²) in [5.74, 6) is 7.79. The highest BCUT2D eigenvalue weighted by molar-refractivity contribution is 6.32. The van der Waals surface area contributed by atoms with Crippen LogP contribution in [-0.2, 0) is 6.54 Å². The summed E-state index contributed by atoms with van der Waals surface area (Å²) < 4.78 is 5.22. The molecule has 2 aromatic carbocycles. The number of hydrogen-bond acceptors (Lipinski definition) is 6. The fraction of sp³-hybridized carbons (Fsp3) is 0.393. The van der Waals surface area contributed by atoms with Crippen molar-refractivity contribution >= 4 is 58.7 Å². The number of nitrogens with one attached hydrogen (secondary N) is 1. The number of anilines is 1. The van der Waals surface area contributed by atoms with Gasteiger partial charge in [0.15, 0.2) is 11.5 Å². The minimum Gasteiger partial charge on any atom is -0.495 e. The molecule has 2 heterocycles. The van der Waals surface area contributed by atoms with Crippen molar-refractivity contribution in [2.45, 2.75) is 52.3 Å². The molecule has 4 rings (SSSR count). The van der Waals surface area contributed by atoms with Gasteiger partial charge in [0, 0.05) is 30.4 Å². The van der Waals surface area contributed by atoms with Crippen molar-refractivity contribution in [3.05, 3.63) is 64.1 Å². The molecule has 1 aromatic heterocycles. The molecular weight excluding hydrogens is 545 g/mol. The van der Waals surface area contributed by atoms with Gasteiger partial charge < -0.3 is 15.2 Å². The smallest absolute Gasteiger partial charge is 0.188 e. The van der Waals surface area contributed by atoms with Gasteiger partial charge in [-0.3, -0.25) is 4.90 Å². The summed E-state index contributed by atoms with van der Waals surface area (Å²) in [4.78, 5) is 5.86. The number of piperidine rings is 1. The lowest BCUT2D eigenvalue weighted by molar-refractivity contribution is 0.0508. The van der Waals surface area contributed by atoms with Gasteiger partial charge in [-0.15, -0.1) is 35.0 Å². The van der Waals surface area contributed by atoms with Crippen LogP contribution in [0.1, 0.15) is 45.4 Å². The summed E-state index contributed by atoms with van der Waals surface area (Å²) >= 11 is 6.26. The third-order valence-electron chi connectivity index (χ3n) is 6.31. The van der Waals surface area contributed by atoms with Gasteiger partial charge in [-0.05, 0) is 56.4 Å². The fourth-order valence-electron chi connectivity index (χ4n) is 4.16. The molecule has 0 bridgehead atoms. The third-order valence-corrected chi connectivity index (χ3v) is 6.61. The maximum atomic E-state index is 9.82. The average molecular weight is 579 g/mol. The van der Waals surface area contributed by atoms with Gasteiger partial charge in [-0.1, -0.05) is 43.1 Å². The Balaban J connectivity index is 0.00000241. The Morgan fingerprint density at radius 1 is 1.16 bits per heavy atom. The molecule has 0 aliphatic carbocycles. The number of aliphatic hydroxyl groups excluding tert-OH is 1. The summed E-state index contributed by atoms with van der Waals surface area (Å²) in [6.45, 7) is 13.7. The molecule has 0 radical (unpaired) electrons. The van der Waals surface area contributed by atoms with Gasteiger partial charge in [0.25, 0.3) is 0 Å². The van der Waals surface area contributed by atoms with Crippen molar-refractivity contribution in [1.82, 2.24) is 15.1 Å². The molecule has 3 aromatic rings. The summed E-state index contributed by atoms with van der Waals surface area (Å²) in [7, 11) is 1.58. The first-order valence-corrected chi connectivity index (χ1v) is 11.9. The summed E-state index contributed by atoms with van der Waals surface area (Å²) in [6, 6.07) is 11.0. The highest BCUT2D eigenvalue weighted by atomic mass is 35.5. The number of ether oxygens (including phenoxy) is 1. The Morgan fingerprint density at radius 3 is 2.50 bits per heavy atom. The van der Waals surface area contributed by atoms with Crippen LogP contribution in [0.4, 0.5) is 11.5 Å². The van der Waals surface area contributed by atoms with Gasteiger partial charge in [-0.25, -0.2) is 4.85 Å². The number of aliphatic hydroxyl groups is 1. The second kappa shape index (κ2) is 14.4. The molecule has 0 spiro atoms. The Kier molecular flexibility index (Phi) is 12.6. The first-order valence-electron chi connectivity index (χ1n) is 11.5. The first kappa shape index (κ1) is 33.2. The van der Waals surface area contributed by atoms with Crippen LogP contribution in [0.3, 0.4) is 0 Å². The molecule has 1 saturated heterocycles. The van der Waals surface area contributed by atoms with E-state index in [2.05, 4.69) is 50.9 Å². The lowest BCUT2D eigenvalue weighted by atomic mass is 9.97. The standard InChI is InChI=1S/C27H28ClN5O2.CH4.2ClH/c1-27(2,33-13-10-20(34)11-14-33)12-9-24-21-7-6-19(29-3)16-22(21)26(32-31-24)30-17-18-5-8-25(35-4)23(28)15-18;;;/h5-8,15-16,20,34H,10-11,13-14,17H2,1-2,4H3,(H,30,32);1H4;2*1H. The molecule has 204 valence electrons. The average Bonchev–Trinajstić information content (AvgIpc) is 2.86. The van der Waals surface area contributed by atoms with Crippen molar-refractivity contribution in [3.63, 3.8) is 0 Å². The maximum absolute atomic E-state index is 9.82. The number of fused-ring (bicyclic) bond motifs is 1. The molecule has 38 heavy (non-hydrogen) atoms. The number of nitrogens with zero attached hydrogens (tertiary/aromatic N) is 4. The van der Waals surface area contributed by atoms with Gasteiger partial charge in [0.2, 0.25) is 0 Å². The largest absolute Gasteiger partial charge is 0.495 e. The zero-order chi connectivity index (χ0) is 25.0. The number of methoxy groups -OCH3 is 1. The van der Waals surface area contributed by atoms with Crippen LogP contribution in [-0.4, -0.2) is 52.0 Å². The van der Waals surface area contributed by atoms with Crippen LogP contribution in [0, 0.1) is 18.4 Å². The van der Waals surface area contributed by atoms with E-state index in [0.29, 0.717) is 34.5 Å². The zero-order valence-corrected chi connectivity index (χ0v) is 23.3. The van der Waals surface area contributed by atoms with E-state index < -0.39 is 0 Å².